The number of hydrogen-bond donors (Lipinski definition) is 12. The van der Waals surface area contributed by atoms with E-state index >= 15 is 0 Å². The molecule has 3 heterocycles. The predicted molar refractivity (Wildman–Crippen MR) is 273 cm³/mol. The molecule has 17 atom stereocenters. The largest absolute Gasteiger partial charge is 0.394 e. The number of carbonyl (C=O) groups excluding carboxylic acids is 1. The van der Waals surface area contributed by atoms with Crippen LogP contribution in [0.4, 0.5) is 0 Å². The number of aliphatic hydroxyl groups is 11. The first-order valence-electron chi connectivity index (χ1n) is 28.8. The highest BCUT2D eigenvalue weighted by atomic mass is 16.8. The Hall–Kier alpha value is -1.21. The van der Waals surface area contributed by atoms with E-state index < -0.39 is 124 Å². The number of amides is 1. The number of aliphatic hydroxyl groups excluding tert-OH is 11. The Balaban J connectivity index is 1.33. The fourth-order valence-electron chi connectivity index (χ4n) is 10.1. The molecule has 3 saturated heterocycles. The van der Waals surface area contributed by atoms with Crippen LogP contribution in [0.1, 0.15) is 206 Å². The third-order valence-corrected chi connectivity index (χ3v) is 14.9. The second kappa shape index (κ2) is 39.2. The van der Waals surface area contributed by atoms with E-state index in [1.165, 1.54) is 135 Å². The molecule has 1 amide bonds. The van der Waals surface area contributed by atoms with Gasteiger partial charge in [0, 0.05) is 6.42 Å². The molecule has 3 rings (SSSR count). The summed E-state index contributed by atoms with van der Waals surface area (Å²) in [6, 6.07) is -0.876. The van der Waals surface area contributed by atoms with E-state index in [1.807, 2.05) is 6.92 Å². The van der Waals surface area contributed by atoms with Crippen molar-refractivity contribution in [2.45, 2.75) is 311 Å². The van der Waals surface area contributed by atoms with Crippen LogP contribution in [0.5, 0.6) is 0 Å². The molecule has 73 heavy (non-hydrogen) atoms. The average Bonchev–Trinajstić information content (AvgIpc) is 3.38. The van der Waals surface area contributed by atoms with E-state index in [9.17, 15) is 61.0 Å². The lowest BCUT2D eigenvalue weighted by atomic mass is 9.96. The number of rotatable bonds is 42. The molecule has 0 radical (unpaired) electrons. The lowest BCUT2D eigenvalue weighted by molar-refractivity contribution is -0.379. The smallest absolute Gasteiger partial charge is 0.220 e. The van der Waals surface area contributed by atoms with Crippen molar-refractivity contribution in [3.63, 3.8) is 0 Å². The Bertz CT molecular complexity index is 1350. The van der Waals surface area contributed by atoms with Gasteiger partial charge in [0.2, 0.25) is 5.91 Å². The molecule has 3 aliphatic rings. The summed E-state index contributed by atoms with van der Waals surface area (Å²) in [5, 5.41) is 119. The van der Waals surface area contributed by atoms with Gasteiger partial charge < -0.3 is 89.9 Å². The van der Waals surface area contributed by atoms with E-state index in [2.05, 4.69) is 12.2 Å². The molecule has 0 bridgehead atoms. The average molecular weight is 1050 g/mol. The molecule has 19 heteroatoms. The molecule has 0 saturated carbocycles. The monoisotopic (exact) mass is 1050 g/mol. The third kappa shape index (κ3) is 24.1. The highest BCUT2D eigenvalue weighted by molar-refractivity contribution is 5.76. The summed E-state index contributed by atoms with van der Waals surface area (Å²) in [5.41, 5.74) is 0. The summed E-state index contributed by atoms with van der Waals surface area (Å²) in [6.45, 7) is 1.61. The SMILES string of the molecule is CCCCCCCCCCCCCCCCCCCCCCCCCCCC(=O)NC(COC1OC(CO)C(OC2OC(CO)C(OC3OC(CO)C(O)C(O)C3O)C(O)C2O)C(O)C1O)C(O)CCCCC. The molecule has 3 aliphatic heterocycles. The van der Waals surface area contributed by atoms with Crippen molar-refractivity contribution < 1.29 is 89.4 Å². The van der Waals surface area contributed by atoms with Crippen LogP contribution in [0, 0.1) is 0 Å². The van der Waals surface area contributed by atoms with Gasteiger partial charge in [0.15, 0.2) is 18.9 Å². The molecule has 17 unspecified atom stereocenters. The first-order chi connectivity index (χ1) is 35.3. The minimum Gasteiger partial charge on any atom is -0.394 e. The minimum atomic E-state index is -1.97. The predicted octanol–water partition coefficient (Wildman–Crippen LogP) is 4.04. The van der Waals surface area contributed by atoms with Crippen LogP contribution in [0.15, 0.2) is 0 Å². The normalized spacial score (nSPS) is 31.7. The van der Waals surface area contributed by atoms with Crippen molar-refractivity contribution in [2.24, 2.45) is 0 Å². The Morgan fingerprint density at radius 3 is 1.19 bits per heavy atom. The lowest BCUT2D eigenvalue weighted by Crippen LogP contribution is -2.66. The standard InChI is InChI=1S/C54H103NO18/c1-3-5-7-8-9-10-11-12-13-14-15-16-17-18-19-20-21-22-23-24-25-26-27-28-30-32-42(60)55-37(38(59)31-29-6-4-2)36-68-52-48(66)45(63)50(40(34-57)70-52)73-54-49(67)46(64)51(41(35-58)71-54)72-53-47(65)44(62)43(61)39(33-56)69-53/h37-41,43-54,56-59,61-67H,3-36H2,1-2H3,(H,55,60). The van der Waals surface area contributed by atoms with Crippen molar-refractivity contribution in [2.75, 3.05) is 26.4 Å². The first kappa shape index (κ1) is 66.1. The molecular weight excluding hydrogens is 951 g/mol. The van der Waals surface area contributed by atoms with Crippen molar-refractivity contribution in [1.29, 1.82) is 0 Å². The Morgan fingerprint density at radius 2 is 0.781 bits per heavy atom. The quantitative estimate of drug-likeness (QED) is 0.0384. The number of unbranched alkanes of at least 4 members (excludes halogenated alkanes) is 26. The van der Waals surface area contributed by atoms with Gasteiger partial charge in [0.05, 0.1) is 38.6 Å². The summed E-state index contributed by atoms with van der Waals surface area (Å²) in [6.07, 6.45) is 9.12. The van der Waals surface area contributed by atoms with Gasteiger partial charge in [0.25, 0.3) is 0 Å². The fraction of sp³-hybridized carbons (Fsp3) is 0.981. The Morgan fingerprint density at radius 1 is 0.438 bits per heavy atom. The zero-order chi connectivity index (χ0) is 53.4. The van der Waals surface area contributed by atoms with Crippen molar-refractivity contribution in [3.05, 3.63) is 0 Å². The summed E-state index contributed by atoms with van der Waals surface area (Å²) in [4.78, 5) is 13.1. The van der Waals surface area contributed by atoms with E-state index in [4.69, 9.17) is 28.4 Å². The van der Waals surface area contributed by atoms with Crippen LogP contribution in [0.25, 0.3) is 0 Å². The van der Waals surface area contributed by atoms with Crippen LogP contribution >= 0.6 is 0 Å². The van der Waals surface area contributed by atoms with Crippen molar-refractivity contribution in [1.82, 2.24) is 5.32 Å². The second-order valence-corrected chi connectivity index (χ2v) is 21.1. The lowest BCUT2D eigenvalue weighted by Gasteiger charge is -2.48. The maximum atomic E-state index is 13.1. The molecule has 0 aliphatic carbocycles. The molecule has 3 fully saturated rings. The third-order valence-electron chi connectivity index (χ3n) is 14.9. The maximum Gasteiger partial charge on any atom is 0.220 e. The van der Waals surface area contributed by atoms with E-state index in [0.717, 1.165) is 32.1 Å². The van der Waals surface area contributed by atoms with E-state index in [-0.39, 0.29) is 18.9 Å². The highest BCUT2D eigenvalue weighted by Gasteiger charge is 2.53. The number of ether oxygens (including phenoxy) is 6. The zero-order valence-corrected chi connectivity index (χ0v) is 44.6. The molecule has 0 aromatic heterocycles. The number of nitrogens with one attached hydrogen (secondary N) is 1. The zero-order valence-electron chi connectivity index (χ0n) is 44.6. The topological polar surface area (TPSA) is 307 Å². The van der Waals surface area contributed by atoms with Gasteiger partial charge in [-0.25, -0.2) is 0 Å². The summed E-state index contributed by atoms with van der Waals surface area (Å²) in [7, 11) is 0. The first-order valence-corrected chi connectivity index (χ1v) is 28.8. The number of carbonyl (C=O) groups is 1. The van der Waals surface area contributed by atoms with Crippen molar-refractivity contribution in [3.8, 4) is 0 Å². The summed E-state index contributed by atoms with van der Waals surface area (Å²) in [5.74, 6) is -0.251. The van der Waals surface area contributed by atoms with Crippen LogP contribution in [-0.2, 0) is 33.2 Å². The molecule has 0 aromatic carbocycles. The van der Waals surface area contributed by atoms with Crippen LogP contribution in [0.2, 0.25) is 0 Å². The molecule has 0 aromatic rings. The van der Waals surface area contributed by atoms with Crippen molar-refractivity contribution >= 4 is 5.91 Å². The molecule has 0 spiro atoms. The van der Waals surface area contributed by atoms with Crippen LogP contribution < -0.4 is 5.32 Å². The van der Waals surface area contributed by atoms with E-state index in [0.29, 0.717) is 19.3 Å². The Kier molecular flexibility index (Phi) is 35.5. The van der Waals surface area contributed by atoms with Gasteiger partial charge in [-0.3, -0.25) is 4.79 Å². The molecule has 19 nitrogen and oxygen atoms in total. The molecule has 432 valence electrons. The van der Waals surface area contributed by atoms with Gasteiger partial charge in [-0.15, -0.1) is 0 Å². The Labute approximate surface area is 436 Å². The van der Waals surface area contributed by atoms with Crippen LogP contribution in [0.3, 0.4) is 0 Å². The minimum absolute atomic E-state index is 0.251. The van der Waals surface area contributed by atoms with Gasteiger partial charge in [-0.1, -0.05) is 187 Å². The number of hydrogen-bond acceptors (Lipinski definition) is 18. The van der Waals surface area contributed by atoms with Gasteiger partial charge >= 0.3 is 0 Å². The summed E-state index contributed by atoms with van der Waals surface area (Å²) >= 11 is 0. The molecule has 12 N–H and O–H groups in total. The maximum absolute atomic E-state index is 13.1. The van der Waals surface area contributed by atoms with E-state index in [1.54, 1.807) is 0 Å². The van der Waals surface area contributed by atoms with Gasteiger partial charge in [-0.2, -0.15) is 0 Å². The van der Waals surface area contributed by atoms with Gasteiger partial charge in [0.1, 0.15) is 73.2 Å². The fourth-order valence-corrected chi connectivity index (χ4v) is 10.1. The highest BCUT2D eigenvalue weighted by Crippen LogP contribution is 2.33. The molecular formula is C54H103NO18. The second-order valence-electron chi connectivity index (χ2n) is 21.1. The van der Waals surface area contributed by atoms with Gasteiger partial charge in [-0.05, 0) is 12.8 Å². The van der Waals surface area contributed by atoms with Crippen LogP contribution in [-0.4, -0.2) is 193 Å². The summed E-state index contributed by atoms with van der Waals surface area (Å²) < 4.78 is 34.0.